The first-order valence-corrected chi connectivity index (χ1v) is 9.59. The molecule has 0 atom stereocenters. The van der Waals surface area contributed by atoms with Crippen LogP contribution in [0.3, 0.4) is 0 Å². The van der Waals surface area contributed by atoms with Crippen LogP contribution in [0, 0.1) is 0 Å². The molecule has 0 amide bonds. The third kappa shape index (κ3) is 4.09. The number of rotatable bonds is 7. The Bertz CT molecular complexity index is 882. The fourth-order valence-corrected chi connectivity index (χ4v) is 3.58. The molecule has 0 fully saturated rings. The number of halogens is 1. The standard InChI is InChI=1S/C23H23BrO4/c1-25-17-9-11-21(27-3)19(13-17)23(15-5-7-16(24)8-6-15)20-14-18(26-2)10-12-22(20)28-4/h5-14,23H,1-4H3. The van der Waals surface area contributed by atoms with Gasteiger partial charge in [-0.05, 0) is 54.1 Å². The summed E-state index contributed by atoms with van der Waals surface area (Å²) < 4.78 is 23.3. The third-order valence-corrected chi connectivity index (χ3v) is 5.23. The summed E-state index contributed by atoms with van der Waals surface area (Å²) in [6, 6.07) is 19.9. The SMILES string of the molecule is COc1ccc(OC)c(C(c2ccc(Br)cc2)c2cc(OC)ccc2OC)c1. The molecule has 0 aliphatic heterocycles. The van der Waals surface area contributed by atoms with Crippen molar-refractivity contribution in [1.82, 2.24) is 0 Å². The van der Waals surface area contributed by atoms with E-state index < -0.39 is 0 Å². The second kappa shape index (κ2) is 9.02. The highest BCUT2D eigenvalue weighted by atomic mass is 79.9. The Morgan fingerprint density at radius 1 is 0.607 bits per heavy atom. The Morgan fingerprint density at radius 2 is 1.07 bits per heavy atom. The number of benzene rings is 3. The van der Waals surface area contributed by atoms with Crippen molar-refractivity contribution in [2.75, 3.05) is 28.4 Å². The van der Waals surface area contributed by atoms with E-state index in [1.807, 2.05) is 48.5 Å². The fraction of sp³-hybridized carbons (Fsp3) is 0.217. The van der Waals surface area contributed by atoms with Crippen LogP contribution in [-0.4, -0.2) is 28.4 Å². The normalized spacial score (nSPS) is 10.6. The first-order valence-electron chi connectivity index (χ1n) is 8.80. The van der Waals surface area contributed by atoms with Gasteiger partial charge in [-0.3, -0.25) is 0 Å². The molecule has 0 bridgehead atoms. The van der Waals surface area contributed by atoms with Crippen molar-refractivity contribution in [1.29, 1.82) is 0 Å². The minimum absolute atomic E-state index is 0.136. The highest BCUT2D eigenvalue weighted by Crippen LogP contribution is 2.43. The Morgan fingerprint density at radius 3 is 1.46 bits per heavy atom. The highest BCUT2D eigenvalue weighted by Gasteiger charge is 2.25. The average Bonchev–Trinajstić information content (AvgIpc) is 2.75. The van der Waals surface area contributed by atoms with Gasteiger partial charge in [0.1, 0.15) is 23.0 Å². The Hall–Kier alpha value is -2.66. The first-order chi connectivity index (χ1) is 13.6. The lowest BCUT2D eigenvalue weighted by Crippen LogP contribution is -2.08. The second-order valence-electron chi connectivity index (χ2n) is 6.20. The molecule has 0 unspecified atom stereocenters. The summed E-state index contributed by atoms with van der Waals surface area (Å²) in [7, 11) is 6.66. The molecule has 0 aliphatic carbocycles. The molecule has 0 aliphatic rings. The van der Waals surface area contributed by atoms with Gasteiger partial charge >= 0.3 is 0 Å². The smallest absolute Gasteiger partial charge is 0.123 e. The van der Waals surface area contributed by atoms with Gasteiger partial charge < -0.3 is 18.9 Å². The van der Waals surface area contributed by atoms with E-state index in [1.165, 1.54) is 0 Å². The zero-order chi connectivity index (χ0) is 20.1. The lowest BCUT2D eigenvalue weighted by Gasteiger charge is -2.24. The first kappa shape index (κ1) is 20.1. The van der Waals surface area contributed by atoms with E-state index in [4.69, 9.17) is 18.9 Å². The van der Waals surface area contributed by atoms with E-state index in [0.717, 1.165) is 44.2 Å². The van der Waals surface area contributed by atoms with E-state index in [-0.39, 0.29) is 5.92 Å². The number of hydrogen-bond acceptors (Lipinski definition) is 4. The summed E-state index contributed by atoms with van der Waals surface area (Å²) in [6.07, 6.45) is 0. The molecule has 3 aromatic rings. The van der Waals surface area contributed by atoms with Crippen molar-refractivity contribution in [3.8, 4) is 23.0 Å². The van der Waals surface area contributed by atoms with Gasteiger partial charge in [0.25, 0.3) is 0 Å². The molecule has 146 valence electrons. The molecule has 28 heavy (non-hydrogen) atoms. The average molecular weight is 443 g/mol. The predicted octanol–water partition coefficient (Wildman–Crippen LogP) is 5.66. The zero-order valence-electron chi connectivity index (χ0n) is 16.4. The van der Waals surface area contributed by atoms with Crippen LogP contribution in [0.15, 0.2) is 65.1 Å². The van der Waals surface area contributed by atoms with Gasteiger partial charge in [0, 0.05) is 21.5 Å². The molecule has 5 heteroatoms. The van der Waals surface area contributed by atoms with Crippen molar-refractivity contribution >= 4 is 15.9 Å². The van der Waals surface area contributed by atoms with E-state index >= 15 is 0 Å². The lowest BCUT2D eigenvalue weighted by molar-refractivity contribution is 0.392. The van der Waals surface area contributed by atoms with Crippen molar-refractivity contribution in [3.63, 3.8) is 0 Å². The summed E-state index contributed by atoms with van der Waals surface area (Å²) >= 11 is 3.52. The van der Waals surface area contributed by atoms with Crippen LogP contribution in [0.5, 0.6) is 23.0 Å². The van der Waals surface area contributed by atoms with Crippen LogP contribution in [0.25, 0.3) is 0 Å². The van der Waals surface area contributed by atoms with Crippen LogP contribution in [0.4, 0.5) is 0 Å². The maximum Gasteiger partial charge on any atom is 0.123 e. The maximum absolute atomic E-state index is 5.69. The van der Waals surface area contributed by atoms with Gasteiger partial charge in [-0.25, -0.2) is 0 Å². The van der Waals surface area contributed by atoms with E-state index in [2.05, 4.69) is 28.1 Å². The van der Waals surface area contributed by atoms with Gasteiger partial charge in [-0.15, -0.1) is 0 Å². The molecule has 0 heterocycles. The highest BCUT2D eigenvalue weighted by molar-refractivity contribution is 9.10. The molecule has 0 radical (unpaired) electrons. The lowest BCUT2D eigenvalue weighted by atomic mass is 9.84. The van der Waals surface area contributed by atoms with Crippen molar-refractivity contribution < 1.29 is 18.9 Å². The quantitative estimate of drug-likeness (QED) is 0.442. The molecule has 0 spiro atoms. The molecule has 0 saturated carbocycles. The molecule has 0 aromatic heterocycles. The van der Waals surface area contributed by atoms with Crippen LogP contribution in [-0.2, 0) is 0 Å². The molecule has 0 N–H and O–H groups in total. The summed E-state index contributed by atoms with van der Waals surface area (Å²) in [5, 5.41) is 0. The second-order valence-corrected chi connectivity index (χ2v) is 7.12. The van der Waals surface area contributed by atoms with Crippen LogP contribution >= 0.6 is 15.9 Å². The van der Waals surface area contributed by atoms with Crippen molar-refractivity contribution in [2.45, 2.75) is 5.92 Å². The number of methoxy groups -OCH3 is 4. The van der Waals surface area contributed by atoms with Gasteiger partial charge in [0.05, 0.1) is 28.4 Å². The third-order valence-electron chi connectivity index (χ3n) is 4.70. The van der Waals surface area contributed by atoms with Crippen LogP contribution in [0.1, 0.15) is 22.6 Å². The van der Waals surface area contributed by atoms with Crippen LogP contribution < -0.4 is 18.9 Å². The fourth-order valence-electron chi connectivity index (χ4n) is 3.31. The van der Waals surface area contributed by atoms with Crippen molar-refractivity contribution in [2.24, 2.45) is 0 Å². The summed E-state index contributed by atoms with van der Waals surface area (Å²) in [4.78, 5) is 0. The Kier molecular flexibility index (Phi) is 6.47. The topological polar surface area (TPSA) is 36.9 Å². The molecule has 3 aromatic carbocycles. The monoisotopic (exact) mass is 442 g/mol. The molecule has 0 saturated heterocycles. The maximum atomic E-state index is 5.69. The Labute approximate surface area is 174 Å². The summed E-state index contributed by atoms with van der Waals surface area (Å²) in [5.74, 6) is 2.94. The summed E-state index contributed by atoms with van der Waals surface area (Å²) in [5.41, 5.74) is 3.06. The molecule has 3 rings (SSSR count). The molecule has 4 nitrogen and oxygen atoms in total. The number of ether oxygens (including phenoxy) is 4. The van der Waals surface area contributed by atoms with Gasteiger partial charge in [-0.1, -0.05) is 28.1 Å². The van der Waals surface area contributed by atoms with Gasteiger partial charge in [-0.2, -0.15) is 0 Å². The number of hydrogen-bond donors (Lipinski definition) is 0. The van der Waals surface area contributed by atoms with E-state index in [1.54, 1.807) is 28.4 Å². The van der Waals surface area contributed by atoms with Gasteiger partial charge in [0.15, 0.2) is 0 Å². The minimum Gasteiger partial charge on any atom is -0.497 e. The Balaban J connectivity index is 2.30. The zero-order valence-corrected chi connectivity index (χ0v) is 17.9. The van der Waals surface area contributed by atoms with E-state index in [9.17, 15) is 0 Å². The van der Waals surface area contributed by atoms with Crippen molar-refractivity contribution in [3.05, 3.63) is 81.8 Å². The van der Waals surface area contributed by atoms with Crippen LogP contribution in [0.2, 0.25) is 0 Å². The molecular formula is C23H23BrO4. The van der Waals surface area contributed by atoms with E-state index in [0.29, 0.717) is 0 Å². The van der Waals surface area contributed by atoms with Gasteiger partial charge in [0.2, 0.25) is 0 Å². The minimum atomic E-state index is -0.136. The summed E-state index contributed by atoms with van der Waals surface area (Å²) in [6.45, 7) is 0. The molecular weight excluding hydrogens is 420 g/mol. The predicted molar refractivity (Wildman–Crippen MR) is 114 cm³/mol. The largest absolute Gasteiger partial charge is 0.497 e.